The van der Waals surface area contributed by atoms with E-state index in [9.17, 15) is 13.2 Å². The van der Waals surface area contributed by atoms with Gasteiger partial charge >= 0.3 is 0 Å². The summed E-state index contributed by atoms with van der Waals surface area (Å²) in [7, 11) is -3.39. The van der Waals surface area contributed by atoms with E-state index in [1.54, 1.807) is 24.4 Å². The number of hydrogen-bond donors (Lipinski definition) is 1. The van der Waals surface area contributed by atoms with Crippen molar-refractivity contribution in [2.24, 2.45) is 0 Å². The van der Waals surface area contributed by atoms with E-state index in [2.05, 4.69) is 10.3 Å². The molecule has 1 aromatic heterocycles. The van der Waals surface area contributed by atoms with Crippen LogP contribution >= 0.6 is 11.6 Å². The first-order valence-electron chi connectivity index (χ1n) is 11.9. The summed E-state index contributed by atoms with van der Waals surface area (Å²) in [6, 6.07) is 20.5. The number of carbonyl (C=O) groups is 1. The van der Waals surface area contributed by atoms with Crippen molar-refractivity contribution in [1.29, 1.82) is 0 Å². The third-order valence-electron chi connectivity index (χ3n) is 6.51. The maximum Gasteiger partial charge on any atom is 0.257 e. The lowest BCUT2D eigenvalue weighted by Crippen LogP contribution is -2.32. The van der Waals surface area contributed by atoms with Crippen LogP contribution in [-0.4, -0.2) is 31.6 Å². The Balaban J connectivity index is 1.42. The summed E-state index contributed by atoms with van der Waals surface area (Å²) in [6.07, 6.45) is 4.10. The molecule has 1 amide bonds. The molecule has 0 aliphatic carbocycles. The standard InChI is InChI=1S/C28H26ClN3O3S/c1-19-9-10-21(17-25(19)27-23-8-4-3-7-20(23)13-14-30-27)31-28(33)24-12-11-22(18-26(24)29)32-15-5-2-6-16-36(32,34)35/h3-4,7-14,17-18H,2,5-6,15-16H2,1H3,(H,31,33). The molecule has 2 heterocycles. The van der Waals surface area contributed by atoms with Gasteiger partial charge in [0.05, 0.1) is 27.7 Å². The molecule has 184 valence electrons. The van der Waals surface area contributed by atoms with Crippen LogP contribution in [-0.2, 0) is 10.0 Å². The summed E-state index contributed by atoms with van der Waals surface area (Å²) in [6.45, 7) is 2.43. The number of halogens is 1. The lowest BCUT2D eigenvalue weighted by atomic mass is 9.99. The maximum absolute atomic E-state index is 13.1. The summed E-state index contributed by atoms with van der Waals surface area (Å²) in [4.78, 5) is 17.7. The van der Waals surface area contributed by atoms with E-state index in [4.69, 9.17) is 11.6 Å². The Morgan fingerprint density at radius 1 is 1.00 bits per heavy atom. The fourth-order valence-electron chi connectivity index (χ4n) is 4.59. The molecule has 0 bridgehead atoms. The van der Waals surface area contributed by atoms with Gasteiger partial charge in [0.2, 0.25) is 10.0 Å². The first-order chi connectivity index (χ1) is 17.3. The SMILES string of the molecule is Cc1ccc(NC(=O)c2ccc(N3CCCCCS3(=O)=O)cc2Cl)cc1-c1nccc2ccccc12. The van der Waals surface area contributed by atoms with Crippen molar-refractivity contribution in [3.05, 3.63) is 89.1 Å². The van der Waals surface area contributed by atoms with Gasteiger partial charge in [0.1, 0.15) is 0 Å². The van der Waals surface area contributed by atoms with Crippen LogP contribution in [0.25, 0.3) is 22.0 Å². The van der Waals surface area contributed by atoms with Crippen molar-refractivity contribution >= 4 is 49.7 Å². The van der Waals surface area contributed by atoms with E-state index in [-0.39, 0.29) is 22.2 Å². The van der Waals surface area contributed by atoms with Crippen molar-refractivity contribution in [1.82, 2.24) is 4.98 Å². The summed E-state index contributed by atoms with van der Waals surface area (Å²) < 4.78 is 26.7. The Bertz CT molecular complexity index is 1560. The summed E-state index contributed by atoms with van der Waals surface area (Å²) >= 11 is 6.47. The number of hydrogen-bond acceptors (Lipinski definition) is 4. The van der Waals surface area contributed by atoms with Crippen LogP contribution in [0.1, 0.15) is 35.2 Å². The van der Waals surface area contributed by atoms with E-state index in [0.29, 0.717) is 24.3 Å². The van der Waals surface area contributed by atoms with Crippen molar-refractivity contribution in [3.8, 4) is 11.3 Å². The zero-order chi connectivity index (χ0) is 25.3. The molecule has 0 saturated carbocycles. The number of fused-ring (bicyclic) bond motifs is 1. The molecule has 1 fully saturated rings. The third-order valence-corrected chi connectivity index (χ3v) is 8.69. The highest BCUT2D eigenvalue weighted by molar-refractivity contribution is 7.92. The Morgan fingerprint density at radius 3 is 2.67 bits per heavy atom. The molecule has 0 unspecified atom stereocenters. The number of aromatic nitrogens is 1. The predicted octanol–water partition coefficient (Wildman–Crippen LogP) is 6.44. The number of benzene rings is 3. The first kappa shape index (κ1) is 24.3. The zero-order valence-electron chi connectivity index (χ0n) is 19.9. The van der Waals surface area contributed by atoms with Gasteiger partial charge in [0, 0.05) is 29.4 Å². The molecule has 6 nitrogen and oxygen atoms in total. The molecule has 1 saturated heterocycles. The molecule has 5 rings (SSSR count). The van der Waals surface area contributed by atoms with E-state index < -0.39 is 10.0 Å². The van der Waals surface area contributed by atoms with Crippen molar-refractivity contribution in [3.63, 3.8) is 0 Å². The highest BCUT2D eigenvalue weighted by Gasteiger charge is 2.25. The third kappa shape index (κ3) is 4.81. The largest absolute Gasteiger partial charge is 0.322 e. The lowest BCUT2D eigenvalue weighted by Gasteiger charge is -2.22. The number of pyridine rings is 1. The fraction of sp³-hybridized carbons (Fsp3) is 0.214. The first-order valence-corrected chi connectivity index (χ1v) is 13.9. The van der Waals surface area contributed by atoms with Crippen LogP contribution in [0.5, 0.6) is 0 Å². The van der Waals surface area contributed by atoms with Crippen LogP contribution < -0.4 is 9.62 Å². The number of aryl methyl sites for hydroxylation is 1. The van der Waals surface area contributed by atoms with E-state index in [1.165, 1.54) is 4.31 Å². The van der Waals surface area contributed by atoms with Gasteiger partial charge in [0.15, 0.2) is 0 Å². The van der Waals surface area contributed by atoms with Crippen molar-refractivity contribution in [2.75, 3.05) is 21.9 Å². The van der Waals surface area contributed by atoms with Gasteiger partial charge in [-0.2, -0.15) is 0 Å². The second-order valence-electron chi connectivity index (χ2n) is 8.98. The zero-order valence-corrected chi connectivity index (χ0v) is 21.4. The molecule has 3 aromatic carbocycles. The smallest absolute Gasteiger partial charge is 0.257 e. The molecular formula is C28H26ClN3O3S. The van der Waals surface area contributed by atoms with Crippen LogP contribution in [0.3, 0.4) is 0 Å². The predicted molar refractivity (Wildman–Crippen MR) is 146 cm³/mol. The quantitative estimate of drug-likeness (QED) is 0.336. The van der Waals surface area contributed by atoms with Gasteiger partial charge in [-0.3, -0.25) is 14.1 Å². The average molecular weight is 520 g/mol. The molecule has 0 spiro atoms. The van der Waals surface area contributed by atoms with Crippen molar-refractivity contribution in [2.45, 2.75) is 26.2 Å². The lowest BCUT2D eigenvalue weighted by molar-refractivity contribution is 0.102. The second-order valence-corrected chi connectivity index (χ2v) is 11.4. The number of anilines is 2. The summed E-state index contributed by atoms with van der Waals surface area (Å²) in [5.74, 6) is -0.250. The molecule has 0 atom stereocenters. The monoisotopic (exact) mass is 519 g/mol. The Morgan fingerprint density at radius 2 is 1.83 bits per heavy atom. The van der Waals surface area contributed by atoms with Crippen LogP contribution in [0, 0.1) is 6.92 Å². The van der Waals surface area contributed by atoms with Crippen LogP contribution in [0.4, 0.5) is 11.4 Å². The molecule has 1 N–H and O–H groups in total. The molecule has 0 radical (unpaired) electrons. The van der Waals surface area contributed by atoms with Gasteiger partial charge in [-0.15, -0.1) is 0 Å². The topological polar surface area (TPSA) is 79.4 Å². The molecule has 4 aromatic rings. The highest BCUT2D eigenvalue weighted by Crippen LogP contribution is 2.32. The number of nitrogens with one attached hydrogen (secondary N) is 1. The number of nitrogens with zero attached hydrogens (tertiary/aromatic N) is 2. The van der Waals surface area contributed by atoms with Crippen LogP contribution in [0.15, 0.2) is 72.9 Å². The summed E-state index contributed by atoms with van der Waals surface area (Å²) in [5.41, 5.74) is 4.19. The molecule has 36 heavy (non-hydrogen) atoms. The minimum absolute atomic E-state index is 0.119. The van der Waals surface area contributed by atoms with E-state index in [0.717, 1.165) is 40.4 Å². The minimum Gasteiger partial charge on any atom is -0.322 e. The Kier molecular flexibility index (Phi) is 6.69. The molecular weight excluding hydrogens is 494 g/mol. The van der Waals surface area contributed by atoms with Gasteiger partial charge in [0.25, 0.3) is 5.91 Å². The van der Waals surface area contributed by atoms with E-state index in [1.807, 2.05) is 55.5 Å². The van der Waals surface area contributed by atoms with Gasteiger partial charge in [-0.05, 0) is 67.1 Å². The second kappa shape index (κ2) is 9.91. The number of amides is 1. The fourth-order valence-corrected chi connectivity index (χ4v) is 6.48. The average Bonchev–Trinajstić information content (AvgIpc) is 3.04. The van der Waals surface area contributed by atoms with Crippen molar-refractivity contribution < 1.29 is 13.2 Å². The molecule has 1 aliphatic rings. The number of sulfonamides is 1. The normalized spacial score (nSPS) is 15.4. The number of rotatable bonds is 4. The number of carbonyl (C=O) groups excluding carboxylic acids is 1. The minimum atomic E-state index is -3.39. The molecule has 1 aliphatic heterocycles. The van der Waals surface area contributed by atoms with Gasteiger partial charge in [-0.25, -0.2) is 8.42 Å². The Labute approximate surface area is 216 Å². The maximum atomic E-state index is 13.1. The van der Waals surface area contributed by atoms with Crippen LogP contribution in [0.2, 0.25) is 5.02 Å². The van der Waals surface area contributed by atoms with E-state index >= 15 is 0 Å². The molecule has 8 heteroatoms. The van der Waals surface area contributed by atoms with Gasteiger partial charge < -0.3 is 5.32 Å². The van der Waals surface area contributed by atoms with Gasteiger partial charge in [-0.1, -0.05) is 48.4 Å². The Hall–Kier alpha value is -3.42. The highest BCUT2D eigenvalue weighted by atomic mass is 35.5. The summed E-state index contributed by atoms with van der Waals surface area (Å²) in [5, 5.41) is 5.26.